The lowest BCUT2D eigenvalue weighted by atomic mass is 10.0. The van der Waals surface area contributed by atoms with Crippen LogP contribution in [0, 0.1) is 0 Å². The van der Waals surface area contributed by atoms with E-state index in [1.165, 1.54) is 13.8 Å². The van der Waals surface area contributed by atoms with Crippen LogP contribution >= 0.6 is 11.8 Å². The fourth-order valence-electron chi connectivity index (χ4n) is 4.83. The van der Waals surface area contributed by atoms with E-state index in [0.29, 0.717) is 23.6 Å². The Hall–Kier alpha value is -5.50. The van der Waals surface area contributed by atoms with E-state index in [1.54, 1.807) is 30.3 Å². The number of aliphatic hydroxyl groups excluding tert-OH is 1. The molecule has 0 spiro atoms. The maximum absolute atomic E-state index is 13.3. The Morgan fingerprint density at radius 2 is 1.44 bits per heavy atom. The van der Waals surface area contributed by atoms with Gasteiger partial charge < -0.3 is 57.1 Å². The van der Waals surface area contributed by atoms with Crippen LogP contribution < -0.4 is 31.9 Å². The van der Waals surface area contributed by atoms with Crippen LogP contribution in [0.5, 0.6) is 0 Å². The zero-order valence-electron chi connectivity index (χ0n) is 28.4. The molecule has 7 atom stereocenters. The van der Waals surface area contributed by atoms with Gasteiger partial charge in [-0.05, 0) is 44.2 Å². The number of aliphatic carboxylic acids is 3. The second-order valence-corrected chi connectivity index (χ2v) is 13.0. The minimum absolute atomic E-state index is 0.0732. The molecule has 1 aromatic carbocycles. The molecule has 1 unspecified atom stereocenters. The molecule has 0 saturated carbocycles. The lowest BCUT2D eigenvalue weighted by Crippen LogP contribution is -2.54. The summed E-state index contributed by atoms with van der Waals surface area (Å²) in [7, 11) is 0. The van der Waals surface area contributed by atoms with Gasteiger partial charge in [-0.3, -0.25) is 28.8 Å². The highest BCUT2D eigenvalue weighted by atomic mass is 32.2. The topological polar surface area (TPSA) is 307 Å². The zero-order valence-corrected chi connectivity index (χ0v) is 29.2. The van der Waals surface area contributed by atoms with E-state index in [4.69, 9.17) is 5.11 Å². The smallest absolute Gasteiger partial charge is 0.352 e. The zero-order chi connectivity index (χ0) is 39.1. The number of thioether (sulfide) groups is 1. The fourth-order valence-corrected chi connectivity index (χ4v) is 5.99. The third-order valence-corrected chi connectivity index (χ3v) is 8.82. The molecular formula is C32H42N6O13S. The highest BCUT2D eigenvalue weighted by Gasteiger charge is 2.37. The third-order valence-electron chi connectivity index (χ3n) is 7.57. The Bertz CT molecular complexity index is 1560. The van der Waals surface area contributed by atoms with Crippen LogP contribution in [0.1, 0.15) is 52.0 Å². The van der Waals surface area contributed by atoms with Gasteiger partial charge in [0.2, 0.25) is 29.5 Å². The van der Waals surface area contributed by atoms with Gasteiger partial charge in [-0.2, -0.15) is 0 Å². The normalized spacial score (nSPS) is 18.2. The Balaban J connectivity index is 2.26. The van der Waals surface area contributed by atoms with Gasteiger partial charge in [0.05, 0.1) is 6.42 Å². The van der Waals surface area contributed by atoms with Crippen molar-refractivity contribution in [2.24, 2.45) is 0 Å². The van der Waals surface area contributed by atoms with Gasteiger partial charge in [-0.25, -0.2) is 9.59 Å². The van der Waals surface area contributed by atoms with Gasteiger partial charge in [-0.15, -0.1) is 0 Å². The summed E-state index contributed by atoms with van der Waals surface area (Å²) in [5.41, 5.74) is -1.58. The summed E-state index contributed by atoms with van der Waals surface area (Å²) in [6.07, 6.45) is -1.25. The van der Waals surface area contributed by atoms with Crippen molar-refractivity contribution in [1.29, 1.82) is 0 Å². The molecule has 0 saturated heterocycles. The molecule has 1 heterocycles. The fraction of sp³-hybridized carbons (Fsp3) is 0.469. The number of amides is 5. The number of hydrogen-bond donors (Lipinski definition) is 10. The first kappa shape index (κ1) is 42.7. The molecule has 2 rings (SSSR count). The number of carboxylic acids is 3. The molecule has 0 bridgehead atoms. The predicted molar refractivity (Wildman–Crippen MR) is 182 cm³/mol. The van der Waals surface area contributed by atoms with Crippen molar-refractivity contribution in [3.8, 4) is 0 Å². The highest BCUT2D eigenvalue weighted by molar-refractivity contribution is 8.00. The summed E-state index contributed by atoms with van der Waals surface area (Å²) in [5.74, 6) is -8.18. The van der Waals surface area contributed by atoms with Crippen LogP contribution in [0.3, 0.4) is 0 Å². The number of hydrogen-bond acceptors (Lipinski definition) is 12. The number of carboxylic acid groups (broad SMARTS) is 3. The third kappa shape index (κ3) is 13.7. The average molecular weight is 751 g/mol. The molecule has 1 aromatic rings. The van der Waals surface area contributed by atoms with Crippen LogP contribution in [0.25, 0.3) is 0 Å². The molecule has 0 aromatic heterocycles. The minimum atomic E-state index is -1.57. The number of rotatable bonds is 20. The lowest BCUT2D eigenvalue weighted by molar-refractivity contribution is -0.142. The summed E-state index contributed by atoms with van der Waals surface area (Å²) >= 11 is 0.710. The minimum Gasteiger partial charge on any atom is -0.480 e. The van der Waals surface area contributed by atoms with E-state index in [0.717, 1.165) is 6.92 Å². The number of carbonyl (C=O) groups is 9. The van der Waals surface area contributed by atoms with Crippen molar-refractivity contribution in [2.75, 3.05) is 0 Å². The standard InChI is InChI=1S/C32H42N6O13S/c1-15(26(43)34-16(2)29(45)46)33-27(44)20(36-23(41)12-11-21(30(47)48)35-17(3)40)10-9-19-25(31(49)50)38-28(52-32(19)51)22(14-39)37-24(42)13-18-7-5-4-6-8-18/h4-8,14-16,20-22,28,32,38,51H,9-13H2,1-3H3,(H,33,44)(H,34,43)(H,35,40)(H,36,41)(H,37,42)(H,45,46)(H,47,48)(H,49,50)/t15-,16-,20+,21-,22-,28-,32?/m1/s1. The van der Waals surface area contributed by atoms with E-state index in [9.17, 15) is 58.5 Å². The van der Waals surface area contributed by atoms with E-state index >= 15 is 0 Å². The van der Waals surface area contributed by atoms with Gasteiger partial charge in [0, 0.05) is 13.3 Å². The van der Waals surface area contributed by atoms with Crippen molar-refractivity contribution in [1.82, 2.24) is 31.9 Å². The van der Waals surface area contributed by atoms with Crippen molar-refractivity contribution in [2.45, 2.75) is 93.9 Å². The second kappa shape index (κ2) is 20.4. The van der Waals surface area contributed by atoms with Crippen molar-refractivity contribution in [3.05, 3.63) is 47.2 Å². The number of aliphatic hydroxyl groups is 1. The SMILES string of the molecule is CC(=O)N[C@H](CCC(=O)N[C@@H](CCC1=C(C(=O)O)N[C@@H]([C@@H](C=O)NC(=O)Cc2ccccc2)SC1O)C(=O)N[C@H](C)C(=O)N[C@H](C)C(=O)O)C(=O)O. The molecule has 284 valence electrons. The summed E-state index contributed by atoms with van der Waals surface area (Å²) in [6, 6.07) is 1.81. The largest absolute Gasteiger partial charge is 0.480 e. The van der Waals surface area contributed by atoms with Crippen molar-refractivity contribution in [3.63, 3.8) is 0 Å². The van der Waals surface area contributed by atoms with Gasteiger partial charge >= 0.3 is 17.9 Å². The first-order chi connectivity index (χ1) is 24.4. The van der Waals surface area contributed by atoms with Gasteiger partial charge in [0.1, 0.15) is 53.0 Å². The molecule has 0 aliphatic carbocycles. The quantitative estimate of drug-likeness (QED) is 0.0642. The summed E-state index contributed by atoms with van der Waals surface area (Å²) < 4.78 is 0. The number of benzene rings is 1. The van der Waals surface area contributed by atoms with Crippen molar-refractivity contribution < 1.29 is 63.6 Å². The van der Waals surface area contributed by atoms with Crippen LogP contribution in [0.2, 0.25) is 0 Å². The summed E-state index contributed by atoms with van der Waals surface area (Å²) in [4.78, 5) is 109. The first-order valence-electron chi connectivity index (χ1n) is 15.9. The van der Waals surface area contributed by atoms with Crippen LogP contribution in [0.15, 0.2) is 41.6 Å². The highest BCUT2D eigenvalue weighted by Crippen LogP contribution is 2.33. The molecule has 5 amide bonds. The van der Waals surface area contributed by atoms with Gasteiger partial charge in [0.25, 0.3) is 0 Å². The van der Waals surface area contributed by atoms with Gasteiger partial charge in [-0.1, -0.05) is 42.1 Å². The van der Waals surface area contributed by atoms with E-state index in [1.807, 2.05) is 0 Å². The maximum Gasteiger partial charge on any atom is 0.352 e. The molecule has 20 heteroatoms. The van der Waals surface area contributed by atoms with Crippen LogP contribution in [-0.4, -0.2) is 115 Å². The Kier molecular flexibility index (Phi) is 16.7. The number of carbonyl (C=O) groups excluding carboxylic acids is 6. The first-order valence-corrected chi connectivity index (χ1v) is 16.9. The molecule has 1 aliphatic heterocycles. The number of nitrogens with one attached hydrogen (secondary N) is 6. The molecule has 1 aliphatic rings. The van der Waals surface area contributed by atoms with E-state index in [-0.39, 0.29) is 31.3 Å². The molecule has 19 nitrogen and oxygen atoms in total. The van der Waals surface area contributed by atoms with Gasteiger partial charge in [0.15, 0.2) is 0 Å². The Labute approximate surface area is 301 Å². The molecule has 0 fully saturated rings. The van der Waals surface area contributed by atoms with E-state index in [2.05, 4.69) is 31.9 Å². The molecule has 52 heavy (non-hydrogen) atoms. The molecular weight excluding hydrogens is 708 g/mol. The monoisotopic (exact) mass is 750 g/mol. The molecule has 10 N–H and O–H groups in total. The van der Waals surface area contributed by atoms with Crippen LogP contribution in [-0.2, 0) is 49.6 Å². The van der Waals surface area contributed by atoms with Crippen molar-refractivity contribution >= 4 is 65.5 Å². The number of aldehydes is 1. The Morgan fingerprint density at radius 1 is 0.808 bits per heavy atom. The Morgan fingerprint density at radius 3 is 2.00 bits per heavy atom. The maximum atomic E-state index is 13.3. The molecule has 0 radical (unpaired) electrons. The van der Waals surface area contributed by atoms with E-state index < -0.39 is 101 Å². The average Bonchev–Trinajstić information content (AvgIpc) is 3.07. The lowest BCUT2D eigenvalue weighted by Gasteiger charge is -2.34. The summed E-state index contributed by atoms with van der Waals surface area (Å²) in [5, 5.41) is 52.5. The second-order valence-electron chi connectivity index (χ2n) is 11.7. The van der Waals surface area contributed by atoms with Crippen LogP contribution in [0.4, 0.5) is 0 Å². The summed E-state index contributed by atoms with van der Waals surface area (Å²) in [6.45, 7) is 3.52. The predicted octanol–water partition coefficient (Wildman–Crippen LogP) is -2.04.